The van der Waals surface area contributed by atoms with Gasteiger partial charge in [-0.15, -0.1) is 0 Å². The van der Waals surface area contributed by atoms with Crippen molar-refractivity contribution in [3.05, 3.63) is 22.9 Å². The highest BCUT2D eigenvalue weighted by atomic mass is 15.3. The molecule has 1 heterocycles. The van der Waals surface area contributed by atoms with Gasteiger partial charge in [-0.3, -0.25) is 0 Å². The fourth-order valence-electron chi connectivity index (χ4n) is 2.67. The first kappa shape index (κ1) is 11.7. The maximum atomic E-state index is 2.61. The number of piperazine rings is 1. The molecule has 0 amide bonds. The van der Waals surface area contributed by atoms with E-state index in [-0.39, 0.29) is 0 Å². The summed E-state index contributed by atoms with van der Waals surface area (Å²) in [5.74, 6) is 0. The van der Waals surface area contributed by atoms with Crippen LogP contribution in [0.15, 0.2) is 22.9 Å². The van der Waals surface area contributed by atoms with Crippen LogP contribution >= 0.6 is 0 Å². The van der Waals surface area contributed by atoms with Crippen LogP contribution in [0, 0.1) is 0 Å². The van der Waals surface area contributed by atoms with Crippen molar-refractivity contribution < 1.29 is 0 Å². The monoisotopic (exact) mass is 220 g/mol. The molecule has 90 valence electrons. The van der Waals surface area contributed by atoms with Crippen LogP contribution in [0.2, 0.25) is 0 Å². The first-order valence-electron chi connectivity index (χ1n) is 6.53. The Morgan fingerprint density at radius 2 is 1.81 bits per heavy atom. The summed E-state index contributed by atoms with van der Waals surface area (Å²) in [7, 11) is 2.22. The van der Waals surface area contributed by atoms with Crippen molar-refractivity contribution >= 4 is 0 Å². The Kier molecular flexibility index (Phi) is 3.70. The van der Waals surface area contributed by atoms with E-state index in [1.165, 1.54) is 45.4 Å². The summed E-state index contributed by atoms with van der Waals surface area (Å²) in [4.78, 5) is 5.04. The molecule has 0 saturated carbocycles. The minimum absolute atomic E-state index is 1.18. The molecule has 0 unspecified atom stereocenters. The first-order chi connectivity index (χ1) is 7.70. The molecule has 1 aliphatic heterocycles. The molecule has 0 N–H and O–H groups in total. The molecule has 0 aromatic rings. The lowest BCUT2D eigenvalue weighted by Gasteiger charge is -2.37. The molecule has 16 heavy (non-hydrogen) atoms. The van der Waals surface area contributed by atoms with Gasteiger partial charge in [0, 0.05) is 31.9 Å². The van der Waals surface area contributed by atoms with Crippen LogP contribution in [0.1, 0.15) is 33.1 Å². The van der Waals surface area contributed by atoms with Gasteiger partial charge in [-0.25, -0.2) is 0 Å². The normalized spacial score (nSPS) is 23.7. The third kappa shape index (κ3) is 2.49. The largest absolute Gasteiger partial charge is 0.372 e. The standard InChI is InChI=1S/C14H24N2/c1-4-13-11-12(2)5-6-14(13)16-9-7-15(3)8-10-16/h11H,4-10H2,1-3H3. The summed E-state index contributed by atoms with van der Waals surface area (Å²) < 4.78 is 0. The van der Waals surface area contributed by atoms with Gasteiger partial charge in [-0.05, 0) is 38.8 Å². The van der Waals surface area contributed by atoms with E-state index in [4.69, 9.17) is 0 Å². The van der Waals surface area contributed by atoms with Crippen molar-refractivity contribution in [1.29, 1.82) is 0 Å². The van der Waals surface area contributed by atoms with Crippen LogP contribution in [0.25, 0.3) is 0 Å². The fourth-order valence-corrected chi connectivity index (χ4v) is 2.67. The highest BCUT2D eigenvalue weighted by molar-refractivity contribution is 5.32. The number of hydrogen-bond donors (Lipinski definition) is 0. The Bertz CT molecular complexity index is 307. The van der Waals surface area contributed by atoms with Crippen LogP contribution in [0.5, 0.6) is 0 Å². The summed E-state index contributed by atoms with van der Waals surface area (Å²) in [5, 5.41) is 0. The predicted molar refractivity (Wildman–Crippen MR) is 69.4 cm³/mol. The number of allylic oxidation sites excluding steroid dienone is 4. The minimum Gasteiger partial charge on any atom is -0.372 e. The fraction of sp³-hybridized carbons (Fsp3) is 0.714. The van der Waals surface area contributed by atoms with Crippen LogP contribution in [0.4, 0.5) is 0 Å². The zero-order chi connectivity index (χ0) is 11.5. The lowest BCUT2D eigenvalue weighted by molar-refractivity contribution is 0.180. The van der Waals surface area contributed by atoms with Crippen molar-refractivity contribution in [2.75, 3.05) is 33.2 Å². The number of hydrogen-bond acceptors (Lipinski definition) is 2. The summed E-state index contributed by atoms with van der Waals surface area (Å²) >= 11 is 0. The third-order valence-corrected chi connectivity index (χ3v) is 3.81. The minimum atomic E-state index is 1.18. The maximum Gasteiger partial charge on any atom is 0.0303 e. The van der Waals surface area contributed by atoms with E-state index in [1.54, 1.807) is 16.8 Å². The van der Waals surface area contributed by atoms with Gasteiger partial charge < -0.3 is 9.80 Å². The summed E-state index contributed by atoms with van der Waals surface area (Å²) in [5.41, 5.74) is 4.75. The van der Waals surface area contributed by atoms with Gasteiger partial charge in [-0.2, -0.15) is 0 Å². The molecule has 0 aromatic carbocycles. The van der Waals surface area contributed by atoms with Crippen LogP contribution < -0.4 is 0 Å². The second-order valence-electron chi connectivity index (χ2n) is 5.11. The van der Waals surface area contributed by atoms with Crippen LogP contribution in [0.3, 0.4) is 0 Å². The van der Waals surface area contributed by atoms with Gasteiger partial charge in [0.15, 0.2) is 0 Å². The molecule has 0 atom stereocenters. The van der Waals surface area contributed by atoms with E-state index >= 15 is 0 Å². The zero-order valence-corrected chi connectivity index (χ0v) is 10.9. The smallest absolute Gasteiger partial charge is 0.0303 e. The van der Waals surface area contributed by atoms with E-state index in [0.717, 1.165) is 0 Å². The van der Waals surface area contributed by atoms with Gasteiger partial charge in [0.2, 0.25) is 0 Å². The Labute approximate surface area is 99.6 Å². The van der Waals surface area contributed by atoms with Crippen molar-refractivity contribution in [1.82, 2.24) is 9.80 Å². The lowest BCUT2D eigenvalue weighted by Crippen LogP contribution is -2.44. The molecule has 0 spiro atoms. The van der Waals surface area contributed by atoms with E-state index in [1.807, 2.05) is 0 Å². The average Bonchev–Trinajstić information content (AvgIpc) is 2.30. The molecule has 0 radical (unpaired) electrons. The molecule has 2 nitrogen and oxygen atoms in total. The predicted octanol–water partition coefficient (Wildman–Crippen LogP) is 2.64. The van der Waals surface area contributed by atoms with Gasteiger partial charge in [0.25, 0.3) is 0 Å². The molecule has 0 aromatic heterocycles. The number of rotatable bonds is 2. The Balaban J connectivity index is 2.12. The molecule has 1 saturated heterocycles. The second-order valence-corrected chi connectivity index (χ2v) is 5.11. The Morgan fingerprint density at radius 3 is 2.44 bits per heavy atom. The van der Waals surface area contributed by atoms with Crippen molar-refractivity contribution in [3.63, 3.8) is 0 Å². The topological polar surface area (TPSA) is 6.48 Å². The number of likely N-dealkylation sites (N-methyl/N-ethyl adjacent to an activating group) is 1. The molecule has 1 fully saturated rings. The molecule has 2 heteroatoms. The van der Waals surface area contributed by atoms with Gasteiger partial charge in [-0.1, -0.05) is 18.6 Å². The quantitative estimate of drug-likeness (QED) is 0.706. The lowest BCUT2D eigenvalue weighted by atomic mass is 9.94. The summed E-state index contributed by atoms with van der Waals surface area (Å²) in [6.45, 7) is 9.38. The van der Waals surface area contributed by atoms with Crippen LogP contribution in [-0.2, 0) is 0 Å². The first-order valence-corrected chi connectivity index (χ1v) is 6.53. The van der Waals surface area contributed by atoms with Gasteiger partial charge >= 0.3 is 0 Å². The van der Waals surface area contributed by atoms with Gasteiger partial charge in [0.1, 0.15) is 0 Å². The zero-order valence-electron chi connectivity index (χ0n) is 10.9. The highest BCUT2D eigenvalue weighted by Crippen LogP contribution is 2.28. The third-order valence-electron chi connectivity index (χ3n) is 3.81. The molecule has 2 aliphatic rings. The Hall–Kier alpha value is -0.760. The maximum absolute atomic E-state index is 2.61. The van der Waals surface area contributed by atoms with Crippen molar-refractivity contribution in [3.8, 4) is 0 Å². The van der Waals surface area contributed by atoms with Crippen LogP contribution in [-0.4, -0.2) is 43.0 Å². The molecular weight excluding hydrogens is 196 g/mol. The van der Waals surface area contributed by atoms with E-state index < -0.39 is 0 Å². The molecular formula is C14H24N2. The van der Waals surface area contributed by atoms with Crippen molar-refractivity contribution in [2.45, 2.75) is 33.1 Å². The molecule has 0 bridgehead atoms. The van der Waals surface area contributed by atoms with Crippen molar-refractivity contribution in [2.24, 2.45) is 0 Å². The van der Waals surface area contributed by atoms with E-state index in [0.29, 0.717) is 0 Å². The highest BCUT2D eigenvalue weighted by Gasteiger charge is 2.20. The SMILES string of the molecule is CCC1=C(N2CCN(C)CC2)CCC(C)=C1. The molecule has 1 aliphatic carbocycles. The average molecular weight is 220 g/mol. The number of nitrogens with zero attached hydrogens (tertiary/aromatic N) is 2. The Morgan fingerprint density at radius 1 is 1.12 bits per heavy atom. The second kappa shape index (κ2) is 5.05. The molecule has 2 rings (SSSR count). The van der Waals surface area contributed by atoms with E-state index in [9.17, 15) is 0 Å². The van der Waals surface area contributed by atoms with E-state index in [2.05, 4.69) is 36.8 Å². The van der Waals surface area contributed by atoms with Gasteiger partial charge in [0.05, 0.1) is 0 Å². The summed E-state index contributed by atoms with van der Waals surface area (Å²) in [6, 6.07) is 0. The summed E-state index contributed by atoms with van der Waals surface area (Å²) in [6.07, 6.45) is 6.11.